The molecule has 0 aliphatic carbocycles. The maximum absolute atomic E-state index is 6.07. The van der Waals surface area contributed by atoms with Gasteiger partial charge in [0, 0.05) is 5.69 Å². The third-order valence-electron chi connectivity index (χ3n) is 3.37. The minimum Gasteiger partial charge on any atom is -0.423 e. The fraction of sp³-hybridized carbons (Fsp3) is 0.533. The summed E-state index contributed by atoms with van der Waals surface area (Å²) in [5.74, 6) is 0. The van der Waals surface area contributed by atoms with E-state index >= 15 is 0 Å². The van der Waals surface area contributed by atoms with Crippen molar-refractivity contribution in [3.63, 3.8) is 0 Å². The maximum Gasteiger partial charge on any atom is 0.298 e. The summed E-state index contributed by atoms with van der Waals surface area (Å²) in [7, 11) is 0. The number of rotatable bonds is 1. The fourth-order valence-corrected chi connectivity index (χ4v) is 2.99. The normalized spacial score (nSPS) is 21.3. The molecule has 1 fully saturated rings. The highest BCUT2D eigenvalue weighted by molar-refractivity contribution is 5.78. The molecule has 0 amide bonds. The number of ether oxygens (including phenoxy) is 1. The van der Waals surface area contributed by atoms with Gasteiger partial charge in [-0.3, -0.25) is 0 Å². The molecule has 2 aromatic rings. The van der Waals surface area contributed by atoms with Crippen LogP contribution in [0.3, 0.4) is 0 Å². The zero-order valence-electron chi connectivity index (χ0n) is 12.4. The molecule has 3 rings (SSSR count). The number of aromatic nitrogens is 1. The Kier molecular flexibility index (Phi) is 2.73. The van der Waals surface area contributed by atoms with Gasteiger partial charge in [0.15, 0.2) is 5.58 Å². The highest BCUT2D eigenvalue weighted by Crippen LogP contribution is 2.32. The summed E-state index contributed by atoms with van der Waals surface area (Å²) < 4.78 is 11.9. The Labute approximate surface area is 118 Å². The molecule has 0 spiro atoms. The summed E-state index contributed by atoms with van der Waals surface area (Å²) in [4.78, 5) is 6.69. The molecule has 5 nitrogen and oxygen atoms in total. The summed E-state index contributed by atoms with van der Waals surface area (Å²) in [6, 6.07) is 6.15. The maximum atomic E-state index is 6.07. The highest BCUT2D eigenvalue weighted by atomic mass is 16.5. The van der Waals surface area contributed by atoms with Crippen molar-refractivity contribution in [2.45, 2.75) is 38.9 Å². The Hall–Kier alpha value is -1.75. The number of hydrogen-bond donors (Lipinski definition) is 1. The first-order valence-corrected chi connectivity index (χ1v) is 6.85. The van der Waals surface area contributed by atoms with Crippen LogP contribution in [0.15, 0.2) is 22.6 Å². The average Bonchev–Trinajstić information content (AvgIpc) is 2.67. The number of nitrogen functional groups attached to an aromatic ring is 1. The molecule has 1 aromatic carbocycles. The van der Waals surface area contributed by atoms with E-state index in [1.165, 1.54) is 0 Å². The van der Waals surface area contributed by atoms with Gasteiger partial charge in [-0.1, -0.05) is 0 Å². The van der Waals surface area contributed by atoms with Gasteiger partial charge in [0.1, 0.15) is 5.52 Å². The SMILES string of the molecule is CC1(C)CN(c2nc3cc(N)ccc3o2)CC(C)(C)O1. The molecule has 5 heteroatoms. The van der Waals surface area contributed by atoms with Gasteiger partial charge in [0.05, 0.1) is 24.3 Å². The van der Waals surface area contributed by atoms with E-state index in [2.05, 4.69) is 37.6 Å². The number of oxazole rings is 1. The van der Waals surface area contributed by atoms with Gasteiger partial charge < -0.3 is 19.8 Å². The molecule has 1 aliphatic heterocycles. The topological polar surface area (TPSA) is 64.5 Å². The summed E-state index contributed by atoms with van der Waals surface area (Å²) in [6.45, 7) is 9.84. The molecule has 2 N–H and O–H groups in total. The van der Waals surface area contributed by atoms with Crippen LogP contribution in [0.1, 0.15) is 27.7 Å². The molecule has 0 atom stereocenters. The smallest absolute Gasteiger partial charge is 0.298 e. The lowest BCUT2D eigenvalue weighted by atomic mass is 9.99. The molecule has 20 heavy (non-hydrogen) atoms. The van der Waals surface area contributed by atoms with E-state index in [-0.39, 0.29) is 11.2 Å². The second-order valence-electron chi connectivity index (χ2n) is 6.70. The van der Waals surface area contributed by atoms with Crippen LogP contribution in [0, 0.1) is 0 Å². The van der Waals surface area contributed by atoms with Gasteiger partial charge >= 0.3 is 0 Å². The van der Waals surface area contributed by atoms with Gasteiger partial charge in [-0.25, -0.2) is 0 Å². The number of morpholine rings is 1. The fourth-order valence-electron chi connectivity index (χ4n) is 2.99. The molecule has 0 radical (unpaired) electrons. The third kappa shape index (κ3) is 2.45. The van der Waals surface area contributed by atoms with Gasteiger partial charge in [0.25, 0.3) is 6.01 Å². The Morgan fingerprint density at radius 1 is 1.15 bits per heavy atom. The van der Waals surface area contributed by atoms with E-state index < -0.39 is 0 Å². The number of hydrogen-bond acceptors (Lipinski definition) is 5. The van der Waals surface area contributed by atoms with Crippen LogP contribution in [0.5, 0.6) is 0 Å². The predicted octanol–water partition coefficient (Wildman–Crippen LogP) is 2.80. The quantitative estimate of drug-likeness (QED) is 0.811. The number of benzene rings is 1. The van der Waals surface area contributed by atoms with Crippen molar-refractivity contribution in [1.29, 1.82) is 0 Å². The van der Waals surface area contributed by atoms with Crippen molar-refractivity contribution in [2.24, 2.45) is 0 Å². The van der Waals surface area contributed by atoms with Crippen molar-refractivity contribution >= 4 is 22.8 Å². The van der Waals surface area contributed by atoms with Crippen molar-refractivity contribution < 1.29 is 9.15 Å². The van der Waals surface area contributed by atoms with Crippen molar-refractivity contribution in [2.75, 3.05) is 23.7 Å². The molecular weight excluding hydrogens is 254 g/mol. The van der Waals surface area contributed by atoms with E-state index in [1.807, 2.05) is 18.2 Å². The number of nitrogens with two attached hydrogens (primary N) is 1. The van der Waals surface area contributed by atoms with Crippen LogP contribution >= 0.6 is 0 Å². The number of anilines is 2. The Morgan fingerprint density at radius 2 is 1.80 bits per heavy atom. The molecule has 1 saturated heterocycles. The van der Waals surface area contributed by atoms with Crippen LogP contribution in [0.2, 0.25) is 0 Å². The highest BCUT2D eigenvalue weighted by Gasteiger charge is 2.39. The molecule has 1 aromatic heterocycles. The second-order valence-corrected chi connectivity index (χ2v) is 6.70. The zero-order valence-corrected chi connectivity index (χ0v) is 12.4. The third-order valence-corrected chi connectivity index (χ3v) is 3.37. The van der Waals surface area contributed by atoms with E-state index in [9.17, 15) is 0 Å². The van der Waals surface area contributed by atoms with Crippen molar-refractivity contribution in [1.82, 2.24) is 4.98 Å². The number of fused-ring (bicyclic) bond motifs is 1. The second kappa shape index (κ2) is 4.12. The first kappa shape index (κ1) is 13.2. The summed E-state index contributed by atoms with van der Waals surface area (Å²) in [5.41, 5.74) is 7.56. The van der Waals surface area contributed by atoms with Gasteiger partial charge in [-0.15, -0.1) is 0 Å². The average molecular weight is 275 g/mol. The molecular formula is C15H21N3O2. The van der Waals surface area contributed by atoms with Crippen LogP contribution in [0.4, 0.5) is 11.7 Å². The minimum atomic E-state index is -0.235. The van der Waals surface area contributed by atoms with E-state index in [4.69, 9.17) is 14.9 Å². The minimum absolute atomic E-state index is 0.235. The molecule has 108 valence electrons. The largest absolute Gasteiger partial charge is 0.423 e. The lowest BCUT2D eigenvalue weighted by Crippen LogP contribution is -2.57. The van der Waals surface area contributed by atoms with Crippen molar-refractivity contribution in [3.05, 3.63) is 18.2 Å². The van der Waals surface area contributed by atoms with Crippen LogP contribution in [-0.2, 0) is 4.74 Å². The summed E-state index contributed by atoms with van der Waals surface area (Å²) in [5, 5.41) is 0. The molecule has 2 heterocycles. The van der Waals surface area contributed by atoms with Crippen LogP contribution in [-0.4, -0.2) is 29.3 Å². The Bertz CT molecular complexity index is 630. The van der Waals surface area contributed by atoms with Gasteiger partial charge in [-0.05, 0) is 45.9 Å². The first-order valence-electron chi connectivity index (χ1n) is 6.85. The summed E-state index contributed by atoms with van der Waals surface area (Å²) >= 11 is 0. The monoisotopic (exact) mass is 275 g/mol. The summed E-state index contributed by atoms with van der Waals surface area (Å²) in [6.07, 6.45) is 0. The van der Waals surface area contributed by atoms with Gasteiger partial charge in [0.2, 0.25) is 0 Å². The predicted molar refractivity (Wildman–Crippen MR) is 79.9 cm³/mol. The standard InChI is InChI=1S/C15H21N3O2/c1-14(2)8-18(9-15(3,4)20-14)13-17-11-7-10(16)5-6-12(11)19-13/h5-7H,8-9,16H2,1-4H3. The molecule has 0 bridgehead atoms. The lowest BCUT2D eigenvalue weighted by Gasteiger charge is -2.46. The molecule has 0 unspecified atom stereocenters. The molecule has 0 saturated carbocycles. The first-order chi connectivity index (χ1) is 9.24. The van der Waals surface area contributed by atoms with E-state index in [0.717, 1.165) is 24.2 Å². The Balaban J connectivity index is 1.97. The van der Waals surface area contributed by atoms with Crippen LogP contribution in [0.25, 0.3) is 11.1 Å². The lowest BCUT2D eigenvalue weighted by molar-refractivity contribution is -0.133. The van der Waals surface area contributed by atoms with Crippen LogP contribution < -0.4 is 10.6 Å². The number of nitrogens with zero attached hydrogens (tertiary/aromatic N) is 2. The molecule has 1 aliphatic rings. The zero-order chi connectivity index (χ0) is 14.5. The van der Waals surface area contributed by atoms with E-state index in [1.54, 1.807) is 0 Å². The Morgan fingerprint density at radius 3 is 2.45 bits per heavy atom. The van der Waals surface area contributed by atoms with E-state index in [0.29, 0.717) is 11.7 Å². The van der Waals surface area contributed by atoms with Gasteiger partial charge in [-0.2, -0.15) is 4.98 Å². The van der Waals surface area contributed by atoms with Crippen molar-refractivity contribution in [3.8, 4) is 0 Å².